The van der Waals surface area contributed by atoms with Crippen molar-refractivity contribution in [1.29, 1.82) is 0 Å². The van der Waals surface area contributed by atoms with Crippen LogP contribution in [0.4, 0.5) is 0 Å². The molecule has 2 aliphatic carbocycles. The van der Waals surface area contributed by atoms with Gasteiger partial charge in [-0.3, -0.25) is 9.79 Å². The van der Waals surface area contributed by atoms with E-state index in [1.54, 1.807) is 13.2 Å². The summed E-state index contributed by atoms with van der Waals surface area (Å²) in [4.78, 5) is 20.0. The molecule has 2 aliphatic rings. The number of nitrogens with zero attached hydrogens (tertiary/aromatic N) is 1. The smallest absolute Gasteiger partial charge is 0.248 e. The summed E-state index contributed by atoms with van der Waals surface area (Å²) in [5.41, 5.74) is 5.33. The van der Waals surface area contributed by atoms with Crippen molar-refractivity contribution < 1.29 is 4.74 Å². The average molecular weight is 386 g/mol. The minimum atomic E-state index is -0.450. The van der Waals surface area contributed by atoms with Crippen molar-refractivity contribution in [3.8, 4) is 5.75 Å². The van der Waals surface area contributed by atoms with Crippen LogP contribution in [0.1, 0.15) is 37.1 Å². The molecule has 29 heavy (non-hydrogen) atoms. The summed E-state index contributed by atoms with van der Waals surface area (Å²) >= 11 is 0. The number of hydrogen-bond donors (Lipinski definition) is 1. The Morgan fingerprint density at radius 2 is 2.14 bits per heavy atom. The van der Waals surface area contributed by atoms with Crippen LogP contribution in [0.15, 0.2) is 75.6 Å². The fraction of sp³-hybridized carbons (Fsp3) is 0.280. The number of aromatic amines is 1. The maximum atomic E-state index is 11.9. The molecule has 1 aromatic heterocycles. The van der Waals surface area contributed by atoms with Gasteiger partial charge in [0, 0.05) is 35.9 Å². The Balaban J connectivity index is 1.74. The van der Waals surface area contributed by atoms with E-state index in [2.05, 4.69) is 31.0 Å². The summed E-state index contributed by atoms with van der Waals surface area (Å²) in [5, 5.41) is 0. The molecule has 0 spiro atoms. The zero-order chi connectivity index (χ0) is 20.4. The Morgan fingerprint density at radius 1 is 1.28 bits per heavy atom. The van der Waals surface area contributed by atoms with Gasteiger partial charge in [-0.1, -0.05) is 35.9 Å². The van der Waals surface area contributed by atoms with Crippen LogP contribution in [0.5, 0.6) is 5.75 Å². The van der Waals surface area contributed by atoms with Gasteiger partial charge in [-0.25, -0.2) is 0 Å². The van der Waals surface area contributed by atoms with Crippen molar-refractivity contribution in [1.82, 2.24) is 4.98 Å². The molecule has 4 heteroatoms. The minimum absolute atomic E-state index is 0.0523. The number of fused-ring (bicyclic) bond motifs is 4. The van der Waals surface area contributed by atoms with E-state index in [4.69, 9.17) is 9.73 Å². The van der Waals surface area contributed by atoms with Gasteiger partial charge in [0.25, 0.3) is 0 Å². The topological polar surface area (TPSA) is 54.4 Å². The van der Waals surface area contributed by atoms with Crippen LogP contribution in [0, 0.1) is 5.92 Å². The molecule has 148 valence electrons. The molecular formula is C25H26N2O2. The molecular weight excluding hydrogens is 360 g/mol. The molecule has 4 nitrogen and oxygen atoms in total. The Kier molecular flexibility index (Phi) is 5.10. The first kappa shape index (κ1) is 19.2. The number of aromatic nitrogens is 1. The van der Waals surface area contributed by atoms with Crippen molar-refractivity contribution in [2.45, 2.75) is 32.2 Å². The number of aliphatic imine (C=N–C) groups is 1. The zero-order valence-electron chi connectivity index (χ0n) is 17.1. The molecule has 0 aliphatic heterocycles. The highest BCUT2D eigenvalue weighted by Crippen LogP contribution is 2.51. The second-order valence-corrected chi connectivity index (χ2v) is 7.73. The van der Waals surface area contributed by atoms with E-state index in [0.29, 0.717) is 0 Å². The van der Waals surface area contributed by atoms with E-state index in [1.807, 2.05) is 48.7 Å². The molecule has 2 atom stereocenters. The fourth-order valence-electron chi connectivity index (χ4n) is 4.72. The lowest BCUT2D eigenvalue weighted by Crippen LogP contribution is -2.40. The summed E-state index contributed by atoms with van der Waals surface area (Å²) in [6.45, 7) is 4.26. The first-order valence-electron chi connectivity index (χ1n) is 9.98. The summed E-state index contributed by atoms with van der Waals surface area (Å²) < 4.78 is 5.29. The maximum absolute atomic E-state index is 11.9. The van der Waals surface area contributed by atoms with E-state index in [9.17, 15) is 4.79 Å². The molecule has 0 fully saturated rings. The highest BCUT2D eigenvalue weighted by atomic mass is 16.5. The number of benzene rings is 1. The fourth-order valence-corrected chi connectivity index (χ4v) is 4.72. The first-order valence-corrected chi connectivity index (χ1v) is 9.98. The number of nitrogens with one attached hydrogen (secondary N) is 1. The van der Waals surface area contributed by atoms with Crippen LogP contribution in [0.2, 0.25) is 0 Å². The molecule has 4 rings (SSSR count). The second-order valence-electron chi connectivity index (χ2n) is 7.73. The van der Waals surface area contributed by atoms with Gasteiger partial charge in [-0.2, -0.15) is 0 Å². The normalized spacial score (nSPS) is 24.7. The van der Waals surface area contributed by atoms with Gasteiger partial charge in [0.2, 0.25) is 5.56 Å². The van der Waals surface area contributed by atoms with Gasteiger partial charge < -0.3 is 9.72 Å². The average Bonchev–Trinajstić information content (AvgIpc) is 2.70. The van der Waals surface area contributed by atoms with Gasteiger partial charge in [-0.15, -0.1) is 0 Å². The van der Waals surface area contributed by atoms with Crippen LogP contribution in [-0.2, 0) is 12.0 Å². The van der Waals surface area contributed by atoms with Gasteiger partial charge in [0.1, 0.15) is 11.3 Å². The van der Waals surface area contributed by atoms with Crippen molar-refractivity contribution in [3.63, 3.8) is 0 Å². The summed E-state index contributed by atoms with van der Waals surface area (Å²) in [5.74, 6) is 1.11. The maximum Gasteiger partial charge on any atom is 0.248 e. The van der Waals surface area contributed by atoms with Gasteiger partial charge in [0.05, 0.1) is 7.11 Å². The Labute approximate surface area is 171 Å². The molecule has 0 radical (unpaired) electrons. The Bertz CT molecular complexity index is 1100. The third-order valence-electron chi connectivity index (χ3n) is 5.84. The van der Waals surface area contributed by atoms with E-state index in [-0.39, 0.29) is 11.5 Å². The number of rotatable bonds is 4. The molecule has 1 N–H and O–H groups in total. The third kappa shape index (κ3) is 3.51. The zero-order valence-corrected chi connectivity index (χ0v) is 17.1. The van der Waals surface area contributed by atoms with Crippen molar-refractivity contribution >= 4 is 12.3 Å². The van der Waals surface area contributed by atoms with E-state index < -0.39 is 5.54 Å². The highest BCUT2D eigenvalue weighted by molar-refractivity contribution is 5.79. The minimum Gasteiger partial charge on any atom is -0.497 e. The lowest BCUT2D eigenvalue weighted by molar-refractivity contribution is 0.413. The molecule has 0 unspecified atom stereocenters. The number of methoxy groups -OCH3 is 1. The standard InChI is InChI=1S/C25H26N2O2/c1-4-21-19-13-17(2)16-25(21,22-10-11-24(28)27-23(22)15-19)26-12-6-8-18-7-5-9-20(14-18)29-3/h4-14,19H,15-16H2,1-3H3,(H,27,28)/b8-6?,21-4+,26-12?/t19-,25+/m0/s1. The molecule has 1 aromatic carbocycles. The second kappa shape index (κ2) is 7.70. The molecule has 2 bridgehead atoms. The van der Waals surface area contributed by atoms with E-state index in [1.165, 1.54) is 11.1 Å². The van der Waals surface area contributed by atoms with Crippen LogP contribution < -0.4 is 10.3 Å². The summed E-state index contributed by atoms with van der Waals surface area (Å²) in [6, 6.07) is 11.5. The molecule has 0 saturated carbocycles. The predicted molar refractivity (Wildman–Crippen MR) is 119 cm³/mol. The largest absolute Gasteiger partial charge is 0.497 e. The monoisotopic (exact) mass is 386 g/mol. The van der Waals surface area contributed by atoms with E-state index >= 15 is 0 Å². The van der Waals surface area contributed by atoms with Crippen molar-refractivity contribution in [3.05, 3.63) is 92.9 Å². The third-order valence-corrected chi connectivity index (χ3v) is 5.84. The predicted octanol–water partition coefficient (Wildman–Crippen LogP) is 4.83. The molecule has 1 heterocycles. The number of ether oxygens (including phenoxy) is 1. The molecule has 0 amide bonds. The van der Waals surface area contributed by atoms with Crippen LogP contribution in [0.25, 0.3) is 6.08 Å². The van der Waals surface area contributed by atoms with Crippen molar-refractivity contribution in [2.75, 3.05) is 7.11 Å². The number of H-pyrrole nitrogens is 1. The quantitative estimate of drug-likeness (QED) is 0.604. The lowest BCUT2D eigenvalue weighted by Gasteiger charge is -2.45. The first-order chi connectivity index (χ1) is 14.1. The molecule has 2 aromatic rings. The van der Waals surface area contributed by atoms with Crippen molar-refractivity contribution in [2.24, 2.45) is 10.9 Å². The van der Waals surface area contributed by atoms with Crippen LogP contribution in [-0.4, -0.2) is 18.3 Å². The number of allylic oxidation sites excluding steroid dienone is 3. The van der Waals surface area contributed by atoms with Crippen LogP contribution >= 0.6 is 0 Å². The summed E-state index contributed by atoms with van der Waals surface area (Å²) in [7, 11) is 1.67. The lowest BCUT2D eigenvalue weighted by atomic mass is 9.63. The Hall–Kier alpha value is -3.14. The highest BCUT2D eigenvalue weighted by Gasteiger charge is 2.46. The Morgan fingerprint density at radius 3 is 2.93 bits per heavy atom. The van der Waals surface area contributed by atoms with Gasteiger partial charge in [0.15, 0.2) is 0 Å². The number of hydrogen-bond acceptors (Lipinski definition) is 3. The number of pyridine rings is 1. The van der Waals surface area contributed by atoms with Crippen LogP contribution in [0.3, 0.4) is 0 Å². The van der Waals surface area contributed by atoms with Gasteiger partial charge >= 0.3 is 0 Å². The SMILES string of the molecule is C/C=C1\[C@H]2C=C(C)C[C@]1(N=CC=Cc1cccc(OC)c1)c1ccc(=O)[nH]c1C2. The van der Waals surface area contributed by atoms with E-state index in [0.717, 1.165) is 35.4 Å². The van der Waals surface area contributed by atoms with Gasteiger partial charge in [-0.05, 0) is 55.7 Å². The molecule has 0 saturated heterocycles. The summed E-state index contributed by atoms with van der Waals surface area (Å²) in [6.07, 6.45) is 12.1.